The van der Waals surface area contributed by atoms with Crippen LogP contribution in [0.25, 0.3) is 0 Å². The lowest BCUT2D eigenvalue weighted by molar-refractivity contribution is -0.481. The molecule has 0 amide bonds. The van der Waals surface area contributed by atoms with Gasteiger partial charge in [-0.05, 0) is 19.4 Å². The van der Waals surface area contributed by atoms with Crippen LogP contribution in [0, 0.1) is 10.1 Å². The van der Waals surface area contributed by atoms with Crippen molar-refractivity contribution >= 4 is 6.29 Å². The summed E-state index contributed by atoms with van der Waals surface area (Å²) < 4.78 is 0. The Labute approximate surface area is 100 Å². The third-order valence-electron chi connectivity index (χ3n) is 2.61. The normalized spacial score (nSPS) is 11.6. The van der Waals surface area contributed by atoms with Crippen molar-refractivity contribution in [3.8, 4) is 0 Å². The molecule has 0 saturated heterocycles. The summed E-state index contributed by atoms with van der Waals surface area (Å²) in [6.45, 7) is 3.32. The Kier molecular flexibility index (Phi) is 4.57. The number of carbonyl (C=O) groups excluding carboxylic acids is 1. The topological polar surface area (TPSA) is 60.2 Å². The molecule has 0 heterocycles. The fourth-order valence-corrected chi connectivity index (χ4v) is 1.77. The second kappa shape index (κ2) is 5.94. The Hall–Kier alpha value is -1.97. The number of allylic oxidation sites excluding steroid dienone is 1. The van der Waals surface area contributed by atoms with Crippen LogP contribution >= 0.6 is 0 Å². The number of rotatable bonds is 5. The Morgan fingerprint density at radius 1 is 1.35 bits per heavy atom. The molecule has 1 aromatic rings. The molecule has 90 valence electrons. The molecule has 0 fully saturated rings. The van der Waals surface area contributed by atoms with Gasteiger partial charge in [0.2, 0.25) is 6.54 Å². The van der Waals surface area contributed by atoms with Gasteiger partial charge in [-0.15, -0.1) is 0 Å². The van der Waals surface area contributed by atoms with Gasteiger partial charge in [0, 0.05) is 10.5 Å². The minimum Gasteiger partial charge on any atom is -0.298 e. The molecule has 4 nitrogen and oxygen atoms in total. The smallest absolute Gasteiger partial charge is 0.214 e. The molecule has 1 atom stereocenters. The lowest BCUT2D eigenvalue weighted by atomic mass is 9.89. The molecule has 4 heteroatoms. The number of aldehydes is 1. The number of nitrogens with zero attached hydrogens (tertiary/aromatic N) is 1. The van der Waals surface area contributed by atoms with Gasteiger partial charge >= 0.3 is 0 Å². The molecular formula is C13H15NO3. The van der Waals surface area contributed by atoms with Crippen LogP contribution in [0.4, 0.5) is 0 Å². The van der Waals surface area contributed by atoms with Crippen molar-refractivity contribution in [2.45, 2.75) is 19.8 Å². The highest BCUT2D eigenvalue weighted by atomic mass is 16.6. The van der Waals surface area contributed by atoms with Gasteiger partial charge in [-0.1, -0.05) is 35.9 Å². The van der Waals surface area contributed by atoms with Crippen molar-refractivity contribution in [2.75, 3.05) is 6.54 Å². The van der Waals surface area contributed by atoms with Crippen molar-refractivity contribution < 1.29 is 9.72 Å². The van der Waals surface area contributed by atoms with Gasteiger partial charge in [0.15, 0.2) is 0 Å². The van der Waals surface area contributed by atoms with Gasteiger partial charge in [0.25, 0.3) is 0 Å². The summed E-state index contributed by atoms with van der Waals surface area (Å²) in [5.74, 6) is -0.464. The zero-order valence-electron chi connectivity index (χ0n) is 9.92. The molecule has 0 aromatic heterocycles. The minimum absolute atomic E-state index is 0.261. The molecule has 1 aromatic carbocycles. The minimum atomic E-state index is -0.464. The van der Waals surface area contributed by atoms with Gasteiger partial charge in [-0.2, -0.15) is 0 Å². The summed E-state index contributed by atoms with van der Waals surface area (Å²) in [5.41, 5.74) is 2.11. The molecule has 1 rings (SSSR count). The van der Waals surface area contributed by atoms with E-state index in [1.807, 2.05) is 18.2 Å². The number of carbonyl (C=O) groups is 1. The summed E-state index contributed by atoms with van der Waals surface area (Å²) >= 11 is 0. The van der Waals surface area contributed by atoms with Crippen molar-refractivity contribution in [1.82, 2.24) is 0 Å². The first-order valence-electron chi connectivity index (χ1n) is 5.35. The lowest BCUT2D eigenvalue weighted by Crippen LogP contribution is -2.16. The lowest BCUT2D eigenvalue weighted by Gasteiger charge is -2.14. The summed E-state index contributed by atoms with van der Waals surface area (Å²) in [7, 11) is 0. The quantitative estimate of drug-likeness (QED) is 0.340. The number of nitro groups is 1. The molecule has 0 aliphatic heterocycles. The first-order valence-corrected chi connectivity index (χ1v) is 5.35. The summed E-state index contributed by atoms with van der Waals surface area (Å²) in [5, 5.41) is 10.7. The van der Waals surface area contributed by atoms with Gasteiger partial charge in [-0.25, -0.2) is 0 Å². The average molecular weight is 233 g/mol. The molecule has 0 N–H and O–H groups in total. The van der Waals surface area contributed by atoms with Crippen LogP contribution in [0.2, 0.25) is 0 Å². The molecule has 0 saturated carbocycles. The first kappa shape index (κ1) is 13.1. The van der Waals surface area contributed by atoms with E-state index in [1.165, 1.54) is 0 Å². The fraction of sp³-hybridized carbons (Fsp3) is 0.308. The molecule has 17 heavy (non-hydrogen) atoms. The van der Waals surface area contributed by atoms with E-state index < -0.39 is 5.92 Å². The maximum absolute atomic E-state index is 11.1. The van der Waals surface area contributed by atoms with Gasteiger partial charge in [0.05, 0.1) is 5.92 Å². The molecule has 0 radical (unpaired) electrons. The van der Waals surface area contributed by atoms with Gasteiger partial charge in [-0.3, -0.25) is 14.9 Å². The highest BCUT2D eigenvalue weighted by Gasteiger charge is 2.22. The molecule has 0 aliphatic rings. The summed E-state index contributed by atoms with van der Waals surface area (Å²) in [6, 6.07) is 9.09. The largest absolute Gasteiger partial charge is 0.298 e. The van der Waals surface area contributed by atoms with Crippen LogP contribution in [-0.2, 0) is 4.79 Å². The Bertz CT molecular complexity index is 433. The number of hydrogen-bond acceptors (Lipinski definition) is 3. The van der Waals surface area contributed by atoms with E-state index >= 15 is 0 Å². The zero-order valence-corrected chi connectivity index (χ0v) is 9.92. The fourth-order valence-electron chi connectivity index (χ4n) is 1.77. The van der Waals surface area contributed by atoms with Crippen LogP contribution in [0.3, 0.4) is 0 Å². The van der Waals surface area contributed by atoms with Crippen molar-refractivity contribution in [1.29, 1.82) is 0 Å². The maximum atomic E-state index is 11.1. The standard InChI is InChI=1S/C13H15NO3/c1-10(2)13(9-15)12(8-14(16)17)11-6-4-3-5-7-11/h3-7,9,12H,8H2,1-2H3/t12-/m0/s1. The van der Waals surface area contributed by atoms with Gasteiger partial charge in [0.1, 0.15) is 6.29 Å². The van der Waals surface area contributed by atoms with Crippen molar-refractivity contribution in [2.24, 2.45) is 0 Å². The van der Waals surface area contributed by atoms with Crippen LogP contribution in [0.1, 0.15) is 25.3 Å². The SMILES string of the molecule is CC(C)=C(C=O)[C@@H](C[N+](=O)[O-])c1ccccc1. The monoisotopic (exact) mass is 233 g/mol. The Morgan fingerprint density at radius 2 is 1.94 bits per heavy atom. The molecular weight excluding hydrogens is 218 g/mol. The van der Waals surface area contributed by atoms with E-state index in [9.17, 15) is 14.9 Å². The second-order valence-electron chi connectivity index (χ2n) is 4.05. The molecule has 0 bridgehead atoms. The highest BCUT2D eigenvalue weighted by molar-refractivity contribution is 5.77. The van der Waals surface area contributed by atoms with Crippen LogP contribution in [0.5, 0.6) is 0 Å². The molecule has 0 spiro atoms. The predicted molar refractivity (Wildman–Crippen MR) is 65.5 cm³/mol. The van der Waals surface area contributed by atoms with Crippen molar-refractivity contribution in [3.63, 3.8) is 0 Å². The van der Waals surface area contributed by atoms with Gasteiger partial charge < -0.3 is 0 Å². The Balaban J connectivity index is 3.17. The van der Waals surface area contributed by atoms with Crippen LogP contribution < -0.4 is 0 Å². The third-order valence-corrected chi connectivity index (χ3v) is 2.61. The zero-order chi connectivity index (χ0) is 12.8. The van der Waals surface area contributed by atoms with E-state index in [0.717, 1.165) is 17.4 Å². The Morgan fingerprint density at radius 3 is 2.35 bits per heavy atom. The second-order valence-corrected chi connectivity index (χ2v) is 4.05. The summed E-state index contributed by atoms with van der Waals surface area (Å²) in [6.07, 6.45) is 0.719. The van der Waals surface area contributed by atoms with E-state index in [2.05, 4.69) is 0 Å². The van der Waals surface area contributed by atoms with Crippen LogP contribution in [0.15, 0.2) is 41.5 Å². The summed E-state index contributed by atoms with van der Waals surface area (Å²) in [4.78, 5) is 21.4. The third kappa shape index (κ3) is 3.52. The van der Waals surface area contributed by atoms with E-state index in [1.54, 1.807) is 26.0 Å². The van der Waals surface area contributed by atoms with Crippen molar-refractivity contribution in [3.05, 3.63) is 57.2 Å². The highest BCUT2D eigenvalue weighted by Crippen LogP contribution is 2.25. The van der Waals surface area contributed by atoms with E-state index in [4.69, 9.17) is 0 Å². The number of hydrogen-bond donors (Lipinski definition) is 0. The first-order chi connectivity index (χ1) is 8.06. The van der Waals surface area contributed by atoms with Crippen LogP contribution in [-0.4, -0.2) is 17.8 Å². The van der Waals surface area contributed by atoms with E-state index in [-0.39, 0.29) is 11.5 Å². The average Bonchev–Trinajstić information content (AvgIpc) is 2.29. The van der Waals surface area contributed by atoms with E-state index in [0.29, 0.717) is 5.57 Å². The molecule has 0 unspecified atom stereocenters. The maximum Gasteiger partial charge on any atom is 0.214 e. The predicted octanol–water partition coefficient (Wildman–Crippen LogP) is 2.58. The molecule has 0 aliphatic carbocycles. The number of benzene rings is 1.